The first-order valence-electron chi connectivity index (χ1n) is 13.3. The van der Waals surface area contributed by atoms with Crippen molar-refractivity contribution in [3.8, 4) is 0 Å². The number of alkyl halides is 5. The number of carbonyl (C=O) groups excluding carboxylic acids is 1. The van der Waals surface area contributed by atoms with Gasteiger partial charge in [0.05, 0.1) is 22.1 Å². The molecule has 1 amide bonds. The lowest BCUT2D eigenvalue weighted by Gasteiger charge is -2.37. The minimum absolute atomic E-state index is 0.0127. The molecule has 0 radical (unpaired) electrons. The molecule has 2 unspecified atom stereocenters. The first kappa shape index (κ1) is 29.3. The summed E-state index contributed by atoms with van der Waals surface area (Å²) >= 11 is 6.45. The minimum Gasteiger partial charge on any atom is -0.355 e. The summed E-state index contributed by atoms with van der Waals surface area (Å²) in [5.74, 6) is -3.87. The molecule has 0 saturated carbocycles. The highest BCUT2D eigenvalue weighted by Gasteiger charge is 2.38. The molecule has 4 heterocycles. The van der Waals surface area contributed by atoms with Crippen LogP contribution in [0.5, 0.6) is 0 Å². The fourth-order valence-corrected chi connectivity index (χ4v) is 5.58. The van der Waals surface area contributed by atoms with Crippen LogP contribution in [0, 0.1) is 0 Å². The maximum atomic E-state index is 13.8. The van der Waals surface area contributed by atoms with Crippen LogP contribution in [0.1, 0.15) is 47.1 Å². The van der Waals surface area contributed by atoms with Crippen molar-refractivity contribution >= 4 is 34.2 Å². The number of halogens is 6. The Morgan fingerprint density at radius 1 is 1.12 bits per heavy atom. The molecule has 3 aromatic rings. The summed E-state index contributed by atoms with van der Waals surface area (Å²) in [6, 6.07) is 6.59. The van der Waals surface area contributed by atoms with Crippen molar-refractivity contribution in [1.29, 1.82) is 0 Å². The maximum absolute atomic E-state index is 13.8. The van der Waals surface area contributed by atoms with E-state index in [1.807, 2.05) is 13.1 Å². The van der Waals surface area contributed by atoms with Gasteiger partial charge in [0.25, 0.3) is 11.8 Å². The van der Waals surface area contributed by atoms with E-state index in [1.165, 1.54) is 0 Å². The largest absolute Gasteiger partial charge is 0.451 e. The number of likely N-dealkylation sites (tertiary alicyclic amines) is 1. The number of likely N-dealkylation sites (N-methyl/N-ethyl adjacent to an activating group) is 1. The van der Waals surface area contributed by atoms with Crippen molar-refractivity contribution in [3.63, 3.8) is 0 Å². The van der Waals surface area contributed by atoms with Crippen molar-refractivity contribution in [1.82, 2.24) is 30.5 Å². The van der Waals surface area contributed by atoms with E-state index in [0.717, 1.165) is 37.7 Å². The second-order valence-corrected chi connectivity index (χ2v) is 10.7. The van der Waals surface area contributed by atoms with Gasteiger partial charge in [-0.25, -0.2) is 23.7 Å². The fraction of sp³-hybridized carbons (Fsp3) is 0.481. The molecular formula is C27H29ClF5N7O. The topological polar surface area (TPSA) is 86.3 Å². The fourth-order valence-electron chi connectivity index (χ4n) is 5.33. The Balaban J connectivity index is 1.38. The maximum Gasteiger partial charge on any atom is 0.451 e. The summed E-state index contributed by atoms with van der Waals surface area (Å²) in [5.41, 5.74) is 1.05. The van der Waals surface area contributed by atoms with Gasteiger partial charge in [-0.05, 0) is 37.7 Å². The van der Waals surface area contributed by atoms with E-state index in [1.54, 1.807) is 23.1 Å². The van der Waals surface area contributed by atoms with E-state index in [0.29, 0.717) is 16.9 Å². The van der Waals surface area contributed by atoms with Gasteiger partial charge >= 0.3 is 6.18 Å². The molecule has 2 aromatic heterocycles. The molecule has 1 aromatic carbocycles. The molecule has 2 aliphatic heterocycles. The third-order valence-corrected chi connectivity index (χ3v) is 8.00. The van der Waals surface area contributed by atoms with Crippen LogP contribution < -0.4 is 15.5 Å². The summed E-state index contributed by atoms with van der Waals surface area (Å²) in [5, 5.41) is 6.80. The monoisotopic (exact) mass is 597 g/mol. The van der Waals surface area contributed by atoms with Crippen molar-refractivity contribution in [2.24, 2.45) is 0 Å². The normalized spacial score (nSPS) is 20.4. The van der Waals surface area contributed by atoms with Crippen molar-refractivity contribution < 1.29 is 26.7 Å². The number of pyridine rings is 1. The Bertz CT molecular complexity index is 1400. The van der Waals surface area contributed by atoms with Crippen LogP contribution in [-0.2, 0) is 6.18 Å². The molecule has 0 bridgehead atoms. The van der Waals surface area contributed by atoms with Crippen molar-refractivity contribution in [3.05, 3.63) is 58.6 Å². The number of nitrogens with zero attached hydrogens (tertiary/aromatic N) is 5. The highest BCUT2D eigenvalue weighted by Crippen LogP contribution is 2.33. The van der Waals surface area contributed by atoms with Gasteiger partial charge in [-0.1, -0.05) is 11.6 Å². The number of fused-ring (bicyclic) bond motifs is 1. The molecule has 41 heavy (non-hydrogen) atoms. The van der Waals surface area contributed by atoms with E-state index in [-0.39, 0.29) is 35.8 Å². The summed E-state index contributed by atoms with van der Waals surface area (Å²) in [6.07, 6.45) is -2.51. The van der Waals surface area contributed by atoms with Crippen LogP contribution in [0.25, 0.3) is 10.9 Å². The average Bonchev–Trinajstić information content (AvgIpc) is 3.43. The average molecular weight is 598 g/mol. The number of rotatable bonds is 7. The highest BCUT2D eigenvalue weighted by atomic mass is 35.5. The van der Waals surface area contributed by atoms with Crippen LogP contribution in [0.15, 0.2) is 36.7 Å². The Hall–Kier alpha value is -3.16. The SMILES string of the molecule is CNC1CCN(c2ccc3c(C(=O)NCC(c4cnc(C(F)(F)F)nc4)N4CCC(F)(F)CC4)c(Cl)ccc3n2)C1. The molecule has 2 fully saturated rings. The summed E-state index contributed by atoms with van der Waals surface area (Å²) in [7, 11) is 1.92. The van der Waals surface area contributed by atoms with Crippen molar-refractivity contribution in [2.75, 3.05) is 44.7 Å². The third-order valence-electron chi connectivity index (χ3n) is 7.69. The van der Waals surface area contributed by atoms with Gasteiger partial charge in [-0.15, -0.1) is 0 Å². The Labute approximate surface area is 238 Å². The van der Waals surface area contributed by atoms with Crippen LogP contribution in [-0.4, -0.2) is 77.5 Å². The van der Waals surface area contributed by atoms with Crippen LogP contribution in [0.4, 0.5) is 27.8 Å². The number of hydrogen-bond donors (Lipinski definition) is 2. The Morgan fingerprint density at radius 3 is 2.46 bits per heavy atom. The number of piperidine rings is 1. The van der Waals surface area contributed by atoms with E-state index >= 15 is 0 Å². The number of hydrogen-bond acceptors (Lipinski definition) is 7. The lowest BCUT2D eigenvalue weighted by molar-refractivity contribution is -0.145. The molecule has 0 aliphatic carbocycles. The molecule has 8 nitrogen and oxygen atoms in total. The molecule has 220 valence electrons. The predicted molar refractivity (Wildman–Crippen MR) is 144 cm³/mol. The zero-order valence-electron chi connectivity index (χ0n) is 22.2. The quantitative estimate of drug-likeness (QED) is 0.382. The molecule has 2 saturated heterocycles. The first-order chi connectivity index (χ1) is 19.4. The van der Waals surface area contributed by atoms with Gasteiger partial charge in [0, 0.05) is 75.0 Å². The van der Waals surface area contributed by atoms with E-state index in [4.69, 9.17) is 16.6 Å². The lowest BCUT2D eigenvalue weighted by atomic mass is 10.0. The van der Waals surface area contributed by atoms with Gasteiger partial charge in [0.15, 0.2) is 0 Å². The van der Waals surface area contributed by atoms with Gasteiger partial charge in [-0.2, -0.15) is 13.2 Å². The number of benzene rings is 1. The van der Waals surface area contributed by atoms with Gasteiger partial charge in [-0.3, -0.25) is 9.69 Å². The molecule has 2 N–H and O–H groups in total. The standard InChI is InChI=1S/C27H29ClF5N7O/c1-34-17-6-9-40(15-17)22-5-2-18-20(38-22)4-3-19(28)23(18)24(41)35-14-21(39-10-7-26(29,30)8-11-39)16-12-36-25(37-13-16)27(31,32)33/h2-5,12-13,17,21,34H,6-11,14-15H2,1H3,(H,35,41). The van der Waals surface area contributed by atoms with Crippen LogP contribution in [0.3, 0.4) is 0 Å². The second kappa shape index (κ2) is 11.6. The molecular weight excluding hydrogens is 569 g/mol. The minimum atomic E-state index is -4.72. The summed E-state index contributed by atoms with van der Waals surface area (Å²) < 4.78 is 66.7. The predicted octanol–water partition coefficient (Wildman–Crippen LogP) is 4.70. The number of nitrogens with one attached hydrogen (secondary N) is 2. The van der Waals surface area contributed by atoms with Crippen LogP contribution >= 0.6 is 11.6 Å². The number of anilines is 1. The van der Waals surface area contributed by atoms with E-state index in [9.17, 15) is 26.7 Å². The second-order valence-electron chi connectivity index (χ2n) is 10.3. The number of aromatic nitrogens is 3. The Morgan fingerprint density at radius 2 is 1.83 bits per heavy atom. The summed E-state index contributed by atoms with van der Waals surface area (Å²) in [4.78, 5) is 28.9. The highest BCUT2D eigenvalue weighted by molar-refractivity contribution is 6.35. The first-order valence-corrected chi connectivity index (χ1v) is 13.6. The number of carbonyl (C=O) groups is 1. The molecule has 2 aliphatic rings. The van der Waals surface area contributed by atoms with Gasteiger partial charge in [0.1, 0.15) is 5.82 Å². The van der Waals surface area contributed by atoms with Gasteiger partial charge in [0.2, 0.25) is 5.82 Å². The Kier molecular flexibility index (Phi) is 8.31. The third kappa shape index (κ3) is 6.52. The van der Waals surface area contributed by atoms with Gasteiger partial charge < -0.3 is 15.5 Å². The zero-order chi connectivity index (χ0) is 29.4. The lowest BCUT2D eigenvalue weighted by Crippen LogP contribution is -2.45. The smallest absolute Gasteiger partial charge is 0.355 e. The zero-order valence-corrected chi connectivity index (χ0v) is 22.9. The van der Waals surface area contributed by atoms with E-state index in [2.05, 4.69) is 25.5 Å². The van der Waals surface area contributed by atoms with Crippen LogP contribution in [0.2, 0.25) is 5.02 Å². The molecule has 2 atom stereocenters. The molecule has 5 rings (SSSR count). The summed E-state index contributed by atoms with van der Waals surface area (Å²) in [6.45, 7) is 1.55. The molecule has 0 spiro atoms. The van der Waals surface area contributed by atoms with E-state index < -0.39 is 42.7 Å². The van der Waals surface area contributed by atoms with Crippen molar-refractivity contribution in [2.45, 2.75) is 43.4 Å². The molecule has 14 heteroatoms. The number of amides is 1.